The van der Waals surface area contributed by atoms with Crippen molar-refractivity contribution in [1.82, 2.24) is 19.6 Å². The van der Waals surface area contributed by atoms with Crippen LogP contribution in [0.15, 0.2) is 36.8 Å². The maximum atomic E-state index is 9.36. The van der Waals surface area contributed by atoms with Gasteiger partial charge in [0, 0.05) is 29.6 Å². The van der Waals surface area contributed by atoms with Gasteiger partial charge in [-0.05, 0) is 18.6 Å². The van der Waals surface area contributed by atoms with E-state index < -0.39 is 0 Å². The minimum absolute atomic E-state index is 0.0177. The number of aromatic nitrogens is 4. The minimum atomic E-state index is -0.0177. The predicted molar refractivity (Wildman–Crippen MR) is 87.6 cm³/mol. The largest absolute Gasteiger partial charge is 0.481 e. The van der Waals surface area contributed by atoms with Crippen LogP contribution >= 0.6 is 0 Å². The number of nitrogens with zero attached hydrogens (tertiary/aromatic N) is 4. The first-order valence-electron chi connectivity index (χ1n) is 7.47. The Balaban J connectivity index is 2.00. The van der Waals surface area contributed by atoms with E-state index in [1.165, 1.54) is 0 Å². The molecule has 1 atom stereocenters. The molecule has 7 heteroatoms. The van der Waals surface area contributed by atoms with Crippen LogP contribution in [0.5, 0.6) is 5.88 Å². The number of fused-ring (bicyclic) bond motifs is 1. The van der Waals surface area contributed by atoms with Gasteiger partial charge >= 0.3 is 0 Å². The van der Waals surface area contributed by atoms with Gasteiger partial charge in [-0.1, -0.05) is 6.92 Å². The Morgan fingerprint density at radius 2 is 2.13 bits per heavy atom. The summed E-state index contributed by atoms with van der Waals surface area (Å²) in [5, 5.41) is 17.1. The van der Waals surface area contributed by atoms with Crippen LogP contribution in [0.1, 0.15) is 13.3 Å². The summed E-state index contributed by atoms with van der Waals surface area (Å²) in [5.74, 6) is 1.36. The summed E-state index contributed by atoms with van der Waals surface area (Å²) >= 11 is 0. The fourth-order valence-electron chi connectivity index (χ4n) is 2.35. The van der Waals surface area contributed by atoms with Crippen molar-refractivity contribution in [3.8, 4) is 17.0 Å². The van der Waals surface area contributed by atoms with Crippen molar-refractivity contribution in [3.05, 3.63) is 36.8 Å². The highest BCUT2D eigenvalue weighted by atomic mass is 16.5. The molecule has 0 aromatic carbocycles. The van der Waals surface area contributed by atoms with Gasteiger partial charge in [0.1, 0.15) is 5.82 Å². The predicted octanol–water partition coefficient (Wildman–Crippen LogP) is 1.98. The molecule has 3 aromatic rings. The number of hydrogen-bond donors (Lipinski definition) is 2. The average molecular weight is 313 g/mol. The number of hydrogen-bond acceptors (Lipinski definition) is 6. The molecular weight excluding hydrogens is 294 g/mol. The average Bonchev–Trinajstić information content (AvgIpc) is 3.04. The quantitative estimate of drug-likeness (QED) is 0.724. The van der Waals surface area contributed by atoms with Gasteiger partial charge in [0.15, 0.2) is 5.65 Å². The van der Waals surface area contributed by atoms with E-state index in [-0.39, 0.29) is 12.6 Å². The molecule has 0 aliphatic heterocycles. The molecule has 7 nitrogen and oxygen atoms in total. The van der Waals surface area contributed by atoms with E-state index >= 15 is 0 Å². The fourth-order valence-corrected chi connectivity index (χ4v) is 2.35. The van der Waals surface area contributed by atoms with Crippen LogP contribution in [-0.2, 0) is 0 Å². The van der Waals surface area contributed by atoms with Gasteiger partial charge in [-0.2, -0.15) is 9.61 Å². The molecule has 0 saturated heterocycles. The zero-order chi connectivity index (χ0) is 16.2. The van der Waals surface area contributed by atoms with Crippen molar-refractivity contribution in [2.45, 2.75) is 19.4 Å². The van der Waals surface area contributed by atoms with Crippen molar-refractivity contribution in [1.29, 1.82) is 0 Å². The van der Waals surface area contributed by atoms with Crippen LogP contribution in [0, 0.1) is 0 Å². The van der Waals surface area contributed by atoms with Gasteiger partial charge in [-0.3, -0.25) is 0 Å². The Morgan fingerprint density at radius 3 is 2.78 bits per heavy atom. The topological polar surface area (TPSA) is 84.6 Å². The summed E-state index contributed by atoms with van der Waals surface area (Å²) in [6, 6.07) is 5.55. The lowest BCUT2D eigenvalue weighted by Gasteiger charge is -2.15. The highest BCUT2D eigenvalue weighted by Gasteiger charge is 2.13. The second kappa shape index (κ2) is 6.62. The SMILES string of the molecule is CCC(CO)Nc1ccnc2c(-c3ccc(OC)nc3)cnn12. The molecule has 2 N–H and O–H groups in total. The molecule has 3 rings (SSSR count). The van der Waals surface area contributed by atoms with Crippen LogP contribution in [-0.4, -0.2) is 44.4 Å². The Bertz CT molecular complexity index is 781. The zero-order valence-electron chi connectivity index (χ0n) is 13.1. The fraction of sp³-hybridized carbons (Fsp3) is 0.312. The first-order valence-corrected chi connectivity index (χ1v) is 7.47. The Kier molecular flexibility index (Phi) is 4.38. The third kappa shape index (κ3) is 2.95. The normalized spacial score (nSPS) is 12.3. The maximum Gasteiger partial charge on any atom is 0.212 e. The Morgan fingerprint density at radius 1 is 1.26 bits per heavy atom. The lowest BCUT2D eigenvalue weighted by atomic mass is 10.1. The molecule has 0 fully saturated rings. The molecule has 120 valence electrons. The van der Waals surface area contributed by atoms with E-state index in [4.69, 9.17) is 4.74 Å². The smallest absolute Gasteiger partial charge is 0.212 e. The van der Waals surface area contributed by atoms with Gasteiger partial charge in [-0.25, -0.2) is 9.97 Å². The van der Waals surface area contributed by atoms with Crippen molar-refractivity contribution in [3.63, 3.8) is 0 Å². The van der Waals surface area contributed by atoms with E-state index in [1.54, 1.807) is 36.3 Å². The number of methoxy groups -OCH3 is 1. The van der Waals surface area contributed by atoms with Crippen LogP contribution < -0.4 is 10.1 Å². The molecule has 3 aromatic heterocycles. The third-order valence-corrected chi connectivity index (χ3v) is 3.72. The summed E-state index contributed by atoms with van der Waals surface area (Å²) in [4.78, 5) is 8.64. The molecule has 0 spiro atoms. The number of aliphatic hydroxyl groups is 1. The van der Waals surface area contributed by atoms with E-state index in [1.807, 2.05) is 19.1 Å². The van der Waals surface area contributed by atoms with Crippen molar-refractivity contribution < 1.29 is 9.84 Å². The number of pyridine rings is 1. The van der Waals surface area contributed by atoms with Crippen molar-refractivity contribution >= 4 is 11.5 Å². The maximum absolute atomic E-state index is 9.36. The summed E-state index contributed by atoms with van der Waals surface area (Å²) in [5.41, 5.74) is 2.54. The van der Waals surface area contributed by atoms with Gasteiger partial charge in [0.05, 0.1) is 26.0 Å². The molecule has 0 bridgehead atoms. The van der Waals surface area contributed by atoms with Crippen molar-refractivity contribution in [2.24, 2.45) is 0 Å². The summed E-state index contributed by atoms with van der Waals surface area (Å²) in [6.07, 6.45) is 6.04. The van der Waals surface area contributed by atoms with Crippen LogP contribution in [0.4, 0.5) is 5.82 Å². The number of rotatable bonds is 6. The molecule has 1 unspecified atom stereocenters. The Hall–Kier alpha value is -2.67. The molecule has 0 aliphatic rings. The highest BCUT2D eigenvalue weighted by Crippen LogP contribution is 2.25. The number of ether oxygens (including phenoxy) is 1. The number of nitrogens with one attached hydrogen (secondary N) is 1. The second-order valence-corrected chi connectivity index (χ2v) is 5.15. The number of anilines is 1. The van der Waals surface area contributed by atoms with Gasteiger partial charge < -0.3 is 15.2 Å². The van der Waals surface area contributed by atoms with Gasteiger partial charge in [-0.15, -0.1) is 0 Å². The summed E-state index contributed by atoms with van der Waals surface area (Å²) < 4.78 is 6.81. The highest BCUT2D eigenvalue weighted by molar-refractivity contribution is 5.77. The van der Waals surface area contributed by atoms with Crippen LogP contribution in [0.25, 0.3) is 16.8 Å². The molecule has 0 aliphatic carbocycles. The first kappa shape index (κ1) is 15.2. The molecule has 0 amide bonds. The lowest BCUT2D eigenvalue weighted by molar-refractivity contribution is 0.271. The molecule has 23 heavy (non-hydrogen) atoms. The first-order chi connectivity index (χ1) is 11.3. The van der Waals surface area contributed by atoms with E-state index in [0.29, 0.717) is 5.88 Å². The molecule has 3 heterocycles. The molecule has 0 saturated carbocycles. The van der Waals surface area contributed by atoms with Crippen LogP contribution in [0.3, 0.4) is 0 Å². The van der Waals surface area contributed by atoms with Gasteiger partial charge in [0.2, 0.25) is 5.88 Å². The van der Waals surface area contributed by atoms with E-state index in [9.17, 15) is 5.11 Å². The van der Waals surface area contributed by atoms with Crippen LogP contribution in [0.2, 0.25) is 0 Å². The number of aliphatic hydroxyl groups excluding tert-OH is 1. The Labute approximate surface area is 134 Å². The van der Waals surface area contributed by atoms with Crippen molar-refractivity contribution in [2.75, 3.05) is 19.0 Å². The summed E-state index contributed by atoms with van der Waals surface area (Å²) in [6.45, 7) is 2.08. The van der Waals surface area contributed by atoms with E-state index in [0.717, 1.165) is 29.0 Å². The molecule has 0 radical (unpaired) electrons. The molecular formula is C16H19N5O2. The third-order valence-electron chi connectivity index (χ3n) is 3.72. The van der Waals surface area contributed by atoms with Gasteiger partial charge in [0.25, 0.3) is 0 Å². The monoisotopic (exact) mass is 313 g/mol. The summed E-state index contributed by atoms with van der Waals surface area (Å²) in [7, 11) is 1.59. The van der Waals surface area contributed by atoms with E-state index in [2.05, 4.69) is 20.4 Å². The lowest BCUT2D eigenvalue weighted by Crippen LogP contribution is -2.24. The minimum Gasteiger partial charge on any atom is -0.481 e. The standard InChI is InChI=1S/C16H19N5O2/c1-3-12(10-22)20-14-6-7-17-16-13(9-19-21(14)16)11-4-5-15(23-2)18-8-11/h4-9,12,20,22H,3,10H2,1-2H3. The second-order valence-electron chi connectivity index (χ2n) is 5.15. The zero-order valence-corrected chi connectivity index (χ0v) is 13.1.